The van der Waals surface area contributed by atoms with Gasteiger partial charge >= 0.3 is 0 Å². The second-order valence-corrected chi connectivity index (χ2v) is 6.15. The average molecular weight is 349 g/mol. The molecule has 2 aromatic carbocycles. The van der Waals surface area contributed by atoms with Gasteiger partial charge in [-0.15, -0.1) is 10.2 Å². The van der Waals surface area contributed by atoms with Gasteiger partial charge in [-0.05, 0) is 47.5 Å². The molecule has 5 nitrogen and oxygen atoms in total. The van der Waals surface area contributed by atoms with Crippen LogP contribution in [0.2, 0.25) is 0 Å². The van der Waals surface area contributed by atoms with Gasteiger partial charge in [-0.1, -0.05) is 30.3 Å². The van der Waals surface area contributed by atoms with Gasteiger partial charge < -0.3 is 0 Å². The van der Waals surface area contributed by atoms with Gasteiger partial charge in [0.05, 0.1) is 5.69 Å². The van der Waals surface area contributed by atoms with E-state index in [2.05, 4.69) is 22.1 Å². The molecule has 0 radical (unpaired) electrons. The van der Waals surface area contributed by atoms with Crippen molar-refractivity contribution in [3.8, 4) is 27.9 Å². The van der Waals surface area contributed by atoms with Crippen molar-refractivity contribution >= 4 is 11.0 Å². The molecule has 3 heterocycles. The number of nitrogens with zero attached hydrogens (tertiary/aromatic N) is 5. The Morgan fingerprint density at radius 2 is 1.00 bits per heavy atom. The summed E-state index contributed by atoms with van der Waals surface area (Å²) in [5.41, 5.74) is 6.85. The maximum atomic E-state index is 4.81. The van der Waals surface area contributed by atoms with Crippen molar-refractivity contribution in [3.05, 3.63) is 91.5 Å². The van der Waals surface area contributed by atoms with Gasteiger partial charge in [0.1, 0.15) is 11.0 Å². The Bertz CT molecular complexity index is 1120. The molecule has 3 aromatic heterocycles. The van der Waals surface area contributed by atoms with Gasteiger partial charge in [-0.2, -0.15) is 4.80 Å². The molecular formula is C22H15N5. The highest BCUT2D eigenvalue weighted by atomic mass is 15.5. The van der Waals surface area contributed by atoms with Crippen molar-refractivity contribution in [1.29, 1.82) is 0 Å². The summed E-state index contributed by atoms with van der Waals surface area (Å²) in [6.07, 6.45) is 7.16. The largest absolute Gasteiger partial charge is 0.265 e. The van der Waals surface area contributed by atoms with Crippen molar-refractivity contribution in [2.45, 2.75) is 0 Å². The second kappa shape index (κ2) is 6.46. The zero-order valence-electron chi connectivity index (χ0n) is 14.4. The van der Waals surface area contributed by atoms with Crippen LogP contribution in [0.5, 0.6) is 0 Å². The second-order valence-electron chi connectivity index (χ2n) is 6.15. The highest BCUT2D eigenvalue weighted by Gasteiger charge is 2.15. The number of aromatic nitrogens is 5. The van der Waals surface area contributed by atoms with Crippen molar-refractivity contribution in [3.63, 3.8) is 0 Å². The normalized spacial score (nSPS) is 11.0. The number of fused-ring (bicyclic) bond motifs is 1. The van der Waals surface area contributed by atoms with Gasteiger partial charge in [0.25, 0.3) is 0 Å². The standard InChI is InChI=1S/C22H15N5/c1-2-4-18(5-3-1)27-25-21-19(16-8-12-23-13-9-16)6-7-20(22(21)26-27)17-10-14-24-15-11-17/h1-15H. The predicted octanol–water partition coefficient (Wildman–Crippen LogP) is 4.54. The van der Waals surface area contributed by atoms with E-state index in [-0.39, 0.29) is 0 Å². The SMILES string of the molecule is c1ccc(-n2nc3c(-c4ccncc4)ccc(-c4ccncc4)c3n2)cc1. The van der Waals surface area contributed by atoms with E-state index in [1.807, 2.05) is 54.6 Å². The van der Waals surface area contributed by atoms with Crippen LogP contribution in [0.25, 0.3) is 39.0 Å². The summed E-state index contributed by atoms with van der Waals surface area (Å²) in [7, 11) is 0. The highest BCUT2D eigenvalue weighted by molar-refractivity contribution is 6.00. The maximum absolute atomic E-state index is 4.81. The third kappa shape index (κ3) is 2.75. The Hall–Kier alpha value is -3.86. The Labute approximate surface area is 156 Å². The molecule has 0 spiro atoms. The molecular weight excluding hydrogens is 334 g/mol. The van der Waals surface area contributed by atoms with E-state index in [0.717, 1.165) is 39.0 Å². The van der Waals surface area contributed by atoms with Crippen molar-refractivity contribution in [2.75, 3.05) is 0 Å². The summed E-state index contributed by atoms with van der Waals surface area (Å²) in [6.45, 7) is 0. The maximum Gasteiger partial charge on any atom is 0.122 e. The smallest absolute Gasteiger partial charge is 0.122 e. The Morgan fingerprint density at radius 3 is 1.48 bits per heavy atom. The van der Waals surface area contributed by atoms with Gasteiger partial charge in [0.15, 0.2) is 0 Å². The first-order valence-corrected chi connectivity index (χ1v) is 8.66. The lowest BCUT2D eigenvalue weighted by Gasteiger charge is -2.06. The van der Waals surface area contributed by atoms with Crippen molar-refractivity contribution in [1.82, 2.24) is 25.0 Å². The zero-order valence-corrected chi connectivity index (χ0v) is 14.4. The number of para-hydroxylation sites is 1. The molecule has 0 unspecified atom stereocenters. The Kier molecular flexibility index (Phi) is 3.68. The molecule has 5 aromatic rings. The summed E-state index contributed by atoms with van der Waals surface area (Å²) in [5, 5.41) is 9.63. The van der Waals surface area contributed by atoms with Crippen LogP contribution >= 0.6 is 0 Å². The summed E-state index contributed by atoms with van der Waals surface area (Å²) in [6, 6.07) is 22.1. The molecule has 0 N–H and O–H groups in total. The molecule has 0 amide bonds. The summed E-state index contributed by atoms with van der Waals surface area (Å²) in [4.78, 5) is 9.94. The topological polar surface area (TPSA) is 56.5 Å². The quantitative estimate of drug-likeness (QED) is 0.480. The van der Waals surface area contributed by atoms with Gasteiger partial charge in [0.2, 0.25) is 0 Å². The van der Waals surface area contributed by atoms with Gasteiger partial charge in [-0.25, -0.2) is 0 Å². The fourth-order valence-electron chi connectivity index (χ4n) is 3.20. The van der Waals surface area contributed by atoms with Crippen LogP contribution in [0.3, 0.4) is 0 Å². The first-order valence-electron chi connectivity index (χ1n) is 8.66. The number of benzene rings is 2. The lowest BCUT2D eigenvalue weighted by Crippen LogP contribution is -1.97. The van der Waals surface area contributed by atoms with Crippen LogP contribution in [0.15, 0.2) is 91.5 Å². The van der Waals surface area contributed by atoms with Gasteiger partial charge in [-0.3, -0.25) is 9.97 Å². The number of hydrogen-bond donors (Lipinski definition) is 0. The molecule has 0 fully saturated rings. The summed E-state index contributed by atoms with van der Waals surface area (Å²) < 4.78 is 0. The molecule has 5 heteroatoms. The molecule has 0 aliphatic heterocycles. The lowest BCUT2D eigenvalue weighted by atomic mass is 9.99. The fourth-order valence-corrected chi connectivity index (χ4v) is 3.20. The zero-order chi connectivity index (χ0) is 18.1. The Balaban J connectivity index is 1.80. The predicted molar refractivity (Wildman–Crippen MR) is 105 cm³/mol. The molecule has 27 heavy (non-hydrogen) atoms. The highest BCUT2D eigenvalue weighted by Crippen LogP contribution is 2.33. The molecule has 0 saturated carbocycles. The molecule has 0 bridgehead atoms. The van der Waals surface area contributed by atoms with Crippen LogP contribution in [0.1, 0.15) is 0 Å². The van der Waals surface area contributed by atoms with Crippen LogP contribution in [-0.4, -0.2) is 25.0 Å². The van der Waals surface area contributed by atoms with E-state index in [9.17, 15) is 0 Å². The molecule has 5 rings (SSSR count). The molecule has 128 valence electrons. The molecule has 0 atom stereocenters. The Morgan fingerprint density at radius 1 is 0.519 bits per heavy atom. The summed E-state index contributed by atoms with van der Waals surface area (Å²) in [5.74, 6) is 0. The van der Waals surface area contributed by atoms with E-state index in [1.165, 1.54) is 0 Å². The van der Waals surface area contributed by atoms with Crippen LogP contribution in [-0.2, 0) is 0 Å². The monoisotopic (exact) mass is 349 g/mol. The minimum absolute atomic E-state index is 0.861. The van der Waals surface area contributed by atoms with Crippen LogP contribution < -0.4 is 0 Å². The molecule has 0 aliphatic rings. The number of hydrogen-bond acceptors (Lipinski definition) is 4. The van der Waals surface area contributed by atoms with Gasteiger partial charge in [0, 0.05) is 35.9 Å². The third-order valence-electron chi connectivity index (χ3n) is 4.51. The average Bonchev–Trinajstić information content (AvgIpc) is 3.20. The minimum Gasteiger partial charge on any atom is -0.265 e. The number of rotatable bonds is 3. The van der Waals surface area contributed by atoms with E-state index in [4.69, 9.17) is 10.2 Å². The van der Waals surface area contributed by atoms with Crippen molar-refractivity contribution in [2.24, 2.45) is 0 Å². The van der Waals surface area contributed by atoms with Crippen LogP contribution in [0.4, 0.5) is 0 Å². The fraction of sp³-hybridized carbons (Fsp3) is 0. The van der Waals surface area contributed by atoms with E-state index in [1.54, 1.807) is 29.6 Å². The first kappa shape index (κ1) is 15.4. The minimum atomic E-state index is 0.861. The first-order chi connectivity index (χ1) is 13.4. The molecule has 0 aliphatic carbocycles. The van der Waals surface area contributed by atoms with Crippen molar-refractivity contribution < 1.29 is 0 Å². The van der Waals surface area contributed by atoms with E-state index in [0.29, 0.717) is 0 Å². The third-order valence-corrected chi connectivity index (χ3v) is 4.51. The van der Waals surface area contributed by atoms with Crippen LogP contribution in [0, 0.1) is 0 Å². The lowest BCUT2D eigenvalue weighted by molar-refractivity contribution is 0.766. The van der Waals surface area contributed by atoms with E-state index < -0.39 is 0 Å². The summed E-state index contributed by atoms with van der Waals surface area (Å²) >= 11 is 0. The van der Waals surface area contributed by atoms with E-state index >= 15 is 0 Å². The molecule has 0 saturated heterocycles. The number of pyridine rings is 2.